The Labute approximate surface area is 173 Å². The molecule has 1 aromatic carbocycles. The number of rotatable bonds is 6. The van der Waals surface area contributed by atoms with Gasteiger partial charge in [-0.25, -0.2) is 8.42 Å². The van der Waals surface area contributed by atoms with E-state index in [0.29, 0.717) is 36.7 Å². The molecule has 1 saturated heterocycles. The Bertz CT molecular complexity index is 920. The monoisotopic (exact) mass is 415 g/mol. The fraction of sp³-hybridized carbons (Fsp3) is 0.455. The third-order valence-electron chi connectivity index (χ3n) is 5.55. The number of carbonyl (C=O) groups excluding carboxylic acids is 1. The summed E-state index contributed by atoms with van der Waals surface area (Å²) in [6, 6.07) is 10.7. The lowest BCUT2D eigenvalue weighted by atomic mass is 9.96. The SMILES string of the molecule is CC(C)c1ccc(S(=O)(=O)N2CCC(C(=O)NC(C)c3cccnc3)CC2)cc1. The van der Waals surface area contributed by atoms with E-state index in [1.165, 1.54) is 4.31 Å². The summed E-state index contributed by atoms with van der Waals surface area (Å²) in [5, 5.41) is 3.02. The summed E-state index contributed by atoms with van der Waals surface area (Å²) in [7, 11) is -3.53. The van der Waals surface area contributed by atoms with Gasteiger partial charge in [0.15, 0.2) is 0 Å². The third-order valence-corrected chi connectivity index (χ3v) is 7.47. The van der Waals surface area contributed by atoms with Crippen LogP contribution in [0.1, 0.15) is 56.7 Å². The van der Waals surface area contributed by atoms with Gasteiger partial charge in [-0.15, -0.1) is 0 Å². The molecule has 7 heteroatoms. The smallest absolute Gasteiger partial charge is 0.243 e. The first-order valence-corrected chi connectivity index (χ1v) is 11.5. The highest BCUT2D eigenvalue weighted by Gasteiger charge is 2.32. The summed E-state index contributed by atoms with van der Waals surface area (Å²) in [4.78, 5) is 17.0. The molecule has 0 spiro atoms. The Balaban J connectivity index is 1.58. The largest absolute Gasteiger partial charge is 0.349 e. The van der Waals surface area contributed by atoms with Crippen molar-refractivity contribution in [2.45, 2.75) is 50.5 Å². The number of benzene rings is 1. The van der Waals surface area contributed by atoms with Crippen molar-refractivity contribution < 1.29 is 13.2 Å². The first kappa shape index (κ1) is 21.5. The molecule has 0 radical (unpaired) electrons. The molecule has 0 aliphatic carbocycles. The van der Waals surface area contributed by atoms with Gasteiger partial charge >= 0.3 is 0 Å². The molecular formula is C22H29N3O3S. The van der Waals surface area contributed by atoms with Crippen LogP contribution in [0.4, 0.5) is 0 Å². The molecule has 156 valence electrons. The van der Waals surface area contributed by atoms with Crippen molar-refractivity contribution in [3.63, 3.8) is 0 Å². The van der Waals surface area contributed by atoms with Crippen LogP contribution in [0, 0.1) is 5.92 Å². The van der Waals surface area contributed by atoms with Gasteiger partial charge in [-0.3, -0.25) is 9.78 Å². The first-order valence-electron chi connectivity index (χ1n) is 10.1. The number of sulfonamides is 1. The topological polar surface area (TPSA) is 79.4 Å². The van der Waals surface area contributed by atoms with Crippen molar-refractivity contribution in [2.75, 3.05) is 13.1 Å². The molecule has 2 heterocycles. The van der Waals surface area contributed by atoms with E-state index in [9.17, 15) is 13.2 Å². The van der Waals surface area contributed by atoms with Gasteiger partial charge in [-0.2, -0.15) is 4.31 Å². The highest BCUT2D eigenvalue weighted by molar-refractivity contribution is 7.89. The van der Waals surface area contributed by atoms with Crippen LogP contribution >= 0.6 is 0 Å². The van der Waals surface area contributed by atoms with Crippen LogP contribution in [0.15, 0.2) is 53.7 Å². The minimum absolute atomic E-state index is 0.0281. The Hall–Kier alpha value is -2.25. The van der Waals surface area contributed by atoms with Crippen molar-refractivity contribution in [3.05, 3.63) is 59.9 Å². The second kappa shape index (κ2) is 9.05. The Kier molecular flexibility index (Phi) is 6.70. The van der Waals surface area contributed by atoms with Crippen LogP contribution in [-0.4, -0.2) is 36.7 Å². The van der Waals surface area contributed by atoms with Gasteiger partial charge in [0.2, 0.25) is 15.9 Å². The molecular weight excluding hydrogens is 386 g/mol. The fourth-order valence-electron chi connectivity index (χ4n) is 3.58. The maximum atomic E-state index is 12.9. The quantitative estimate of drug-likeness (QED) is 0.783. The number of piperidine rings is 1. The van der Waals surface area contributed by atoms with Crippen molar-refractivity contribution >= 4 is 15.9 Å². The molecule has 1 aromatic heterocycles. The van der Waals surface area contributed by atoms with Gasteiger partial charge in [0.05, 0.1) is 10.9 Å². The van der Waals surface area contributed by atoms with Crippen LogP contribution in [0.25, 0.3) is 0 Å². The zero-order valence-corrected chi connectivity index (χ0v) is 18.0. The van der Waals surface area contributed by atoms with Crippen molar-refractivity contribution in [3.8, 4) is 0 Å². The van der Waals surface area contributed by atoms with Gasteiger partial charge < -0.3 is 5.32 Å². The van der Waals surface area contributed by atoms with Crippen molar-refractivity contribution in [1.82, 2.24) is 14.6 Å². The van der Waals surface area contributed by atoms with Crippen LogP contribution < -0.4 is 5.32 Å². The first-order chi connectivity index (χ1) is 13.8. The molecule has 6 nitrogen and oxygen atoms in total. The number of hydrogen-bond donors (Lipinski definition) is 1. The molecule has 1 atom stereocenters. The predicted molar refractivity (Wildman–Crippen MR) is 113 cm³/mol. The van der Waals surface area contributed by atoms with E-state index < -0.39 is 10.0 Å². The highest BCUT2D eigenvalue weighted by Crippen LogP contribution is 2.26. The fourth-order valence-corrected chi connectivity index (χ4v) is 5.05. The van der Waals surface area contributed by atoms with Crippen molar-refractivity contribution in [2.24, 2.45) is 5.92 Å². The van der Waals surface area contributed by atoms with Crippen LogP contribution in [0.3, 0.4) is 0 Å². The van der Waals surface area contributed by atoms with E-state index in [4.69, 9.17) is 0 Å². The standard InChI is InChI=1S/C22H29N3O3S/c1-16(2)18-6-8-21(9-7-18)29(27,28)25-13-10-19(11-14-25)22(26)24-17(3)20-5-4-12-23-15-20/h4-9,12,15-17,19H,10-11,13-14H2,1-3H3,(H,24,26). The van der Waals surface area contributed by atoms with E-state index in [1.54, 1.807) is 24.5 Å². The second-order valence-corrected chi connectivity index (χ2v) is 9.86. The number of nitrogens with zero attached hydrogens (tertiary/aromatic N) is 2. The van der Waals surface area contributed by atoms with Crippen LogP contribution in [0.2, 0.25) is 0 Å². The highest BCUT2D eigenvalue weighted by atomic mass is 32.2. The van der Waals surface area contributed by atoms with Gasteiger partial charge in [0.1, 0.15) is 0 Å². The van der Waals surface area contributed by atoms with E-state index in [0.717, 1.165) is 11.1 Å². The molecule has 1 fully saturated rings. The maximum Gasteiger partial charge on any atom is 0.243 e. The summed E-state index contributed by atoms with van der Waals surface area (Å²) >= 11 is 0. The average Bonchev–Trinajstić information content (AvgIpc) is 2.74. The lowest BCUT2D eigenvalue weighted by Gasteiger charge is -2.31. The molecule has 1 unspecified atom stereocenters. The summed E-state index contributed by atoms with van der Waals surface area (Å²) < 4.78 is 27.3. The van der Waals surface area contributed by atoms with Gasteiger partial charge in [0.25, 0.3) is 0 Å². The number of hydrogen-bond acceptors (Lipinski definition) is 4. The Morgan fingerprint density at radius 3 is 2.28 bits per heavy atom. The average molecular weight is 416 g/mol. The summed E-state index contributed by atoms with van der Waals surface area (Å²) in [5.41, 5.74) is 2.06. The zero-order chi connectivity index (χ0) is 21.0. The predicted octanol–water partition coefficient (Wildman–Crippen LogP) is 3.48. The number of nitrogens with one attached hydrogen (secondary N) is 1. The number of aromatic nitrogens is 1. The Morgan fingerprint density at radius 2 is 1.72 bits per heavy atom. The molecule has 1 aliphatic rings. The minimum atomic E-state index is -3.53. The van der Waals surface area contributed by atoms with E-state index in [2.05, 4.69) is 24.1 Å². The molecule has 0 saturated carbocycles. The normalized spacial score (nSPS) is 17.2. The van der Waals surface area contributed by atoms with E-state index in [-0.39, 0.29) is 17.9 Å². The molecule has 1 amide bonds. The Morgan fingerprint density at radius 1 is 1.07 bits per heavy atom. The van der Waals surface area contributed by atoms with Gasteiger partial charge in [-0.05, 0) is 55.0 Å². The van der Waals surface area contributed by atoms with Crippen LogP contribution in [0.5, 0.6) is 0 Å². The maximum absolute atomic E-state index is 12.9. The summed E-state index contributed by atoms with van der Waals surface area (Å²) in [6.07, 6.45) is 4.49. The summed E-state index contributed by atoms with van der Waals surface area (Å²) in [6.45, 7) is 6.79. The van der Waals surface area contributed by atoms with Gasteiger partial charge in [0, 0.05) is 31.4 Å². The minimum Gasteiger partial charge on any atom is -0.349 e. The number of pyridine rings is 1. The van der Waals surface area contributed by atoms with Gasteiger partial charge in [-0.1, -0.05) is 32.0 Å². The van der Waals surface area contributed by atoms with Crippen LogP contribution in [-0.2, 0) is 14.8 Å². The molecule has 0 bridgehead atoms. The molecule has 1 N–H and O–H groups in total. The van der Waals surface area contributed by atoms with Crippen molar-refractivity contribution in [1.29, 1.82) is 0 Å². The van der Waals surface area contributed by atoms with E-state index >= 15 is 0 Å². The summed E-state index contributed by atoms with van der Waals surface area (Å²) in [5.74, 6) is 0.152. The van der Waals surface area contributed by atoms with E-state index in [1.807, 2.05) is 31.2 Å². The number of carbonyl (C=O) groups is 1. The molecule has 1 aliphatic heterocycles. The molecule has 2 aromatic rings. The number of amides is 1. The zero-order valence-electron chi connectivity index (χ0n) is 17.2. The third kappa shape index (κ3) is 5.03. The lowest BCUT2D eigenvalue weighted by Crippen LogP contribution is -2.43. The second-order valence-electron chi connectivity index (χ2n) is 7.92. The molecule has 29 heavy (non-hydrogen) atoms. The molecule has 3 rings (SSSR count). The lowest BCUT2D eigenvalue weighted by molar-refractivity contribution is -0.126.